The molecule has 1 aliphatic rings. The molecule has 2 aromatic rings. The number of amidine groups is 1. The highest BCUT2D eigenvalue weighted by Crippen LogP contribution is 2.22. The van der Waals surface area contributed by atoms with Crippen LogP contribution in [-0.4, -0.2) is 38.7 Å². The van der Waals surface area contributed by atoms with Crippen LogP contribution < -0.4 is 4.72 Å². The van der Waals surface area contributed by atoms with Gasteiger partial charge in [0.15, 0.2) is 0 Å². The van der Waals surface area contributed by atoms with Gasteiger partial charge in [-0.1, -0.05) is 24.3 Å². The fraction of sp³-hybridized carbons (Fsp3) is 0.222. The van der Waals surface area contributed by atoms with Crippen molar-refractivity contribution >= 4 is 21.8 Å². The van der Waals surface area contributed by atoms with Crippen LogP contribution in [0, 0.1) is 5.82 Å². The Morgan fingerprint density at radius 1 is 1.19 bits per heavy atom. The Hall–Kier alpha value is -2.74. The van der Waals surface area contributed by atoms with E-state index < -0.39 is 10.0 Å². The van der Waals surface area contributed by atoms with E-state index in [1.165, 1.54) is 23.1 Å². The predicted octanol–water partition coefficient (Wildman–Crippen LogP) is 2.08. The van der Waals surface area contributed by atoms with Crippen LogP contribution in [0.5, 0.6) is 0 Å². The molecule has 0 aliphatic carbocycles. The second kappa shape index (κ2) is 6.87. The minimum atomic E-state index is -3.63. The highest BCUT2D eigenvalue weighted by atomic mass is 32.2. The minimum Gasteiger partial charge on any atom is -0.337 e. The number of carbonyl (C=O) groups excluding carboxylic acids is 1. The molecule has 1 unspecified atom stereocenters. The minimum absolute atomic E-state index is 0.152. The first-order valence-corrected chi connectivity index (χ1v) is 9.46. The van der Waals surface area contributed by atoms with E-state index in [-0.39, 0.29) is 35.0 Å². The van der Waals surface area contributed by atoms with E-state index in [1.54, 1.807) is 37.4 Å². The third kappa shape index (κ3) is 3.45. The third-order valence-corrected chi connectivity index (χ3v) is 5.76. The number of rotatable bonds is 4. The topological polar surface area (TPSA) is 78.8 Å². The van der Waals surface area contributed by atoms with Gasteiger partial charge in [-0.05, 0) is 36.8 Å². The van der Waals surface area contributed by atoms with Crippen molar-refractivity contribution < 1.29 is 17.6 Å². The number of hydrogen-bond donors (Lipinski definition) is 1. The lowest BCUT2D eigenvalue weighted by Gasteiger charge is -2.24. The van der Waals surface area contributed by atoms with Gasteiger partial charge in [-0.3, -0.25) is 14.5 Å². The van der Waals surface area contributed by atoms with Crippen molar-refractivity contribution in [2.24, 2.45) is 4.99 Å². The van der Waals surface area contributed by atoms with Crippen LogP contribution in [0.3, 0.4) is 0 Å². The predicted molar refractivity (Wildman–Crippen MR) is 95.8 cm³/mol. The van der Waals surface area contributed by atoms with E-state index >= 15 is 0 Å². The Labute approximate surface area is 151 Å². The molecule has 0 radical (unpaired) electrons. The molecule has 26 heavy (non-hydrogen) atoms. The van der Waals surface area contributed by atoms with Gasteiger partial charge < -0.3 is 4.90 Å². The summed E-state index contributed by atoms with van der Waals surface area (Å²) >= 11 is 0. The number of nitrogens with zero attached hydrogens (tertiary/aromatic N) is 2. The van der Waals surface area contributed by atoms with Gasteiger partial charge in [0.1, 0.15) is 18.2 Å². The van der Waals surface area contributed by atoms with Crippen molar-refractivity contribution in [3.05, 3.63) is 65.5 Å². The summed E-state index contributed by atoms with van der Waals surface area (Å²) in [4.78, 5) is 18.2. The smallest absolute Gasteiger partial charge is 0.263 e. The molecular weight excluding hydrogens is 357 g/mol. The first kappa shape index (κ1) is 18.1. The molecule has 1 atom stereocenters. The van der Waals surface area contributed by atoms with Crippen LogP contribution in [-0.2, 0) is 14.8 Å². The van der Waals surface area contributed by atoms with E-state index in [1.807, 2.05) is 6.92 Å². The summed E-state index contributed by atoms with van der Waals surface area (Å²) in [7, 11) is -2.00. The number of hydrogen-bond acceptors (Lipinski definition) is 4. The lowest BCUT2D eigenvalue weighted by molar-refractivity contribution is -0.130. The number of likely N-dealkylation sites (N-methyl/N-ethyl adjacent to an activating group) is 1. The van der Waals surface area contributed by atoms with E-state index in [0.29, 0.717) is 5.56 Å². The Kier molecular flexibility index (Phi) is 4.78. The zero-order valence-corrected chi connectivity index (χ0v) is 15.1. The van der Waals surface area contributed by atoms with E-state index in [2.05, 4.69) is 9.71 Å². The Morgan fingerprint density at radius 3 is 2.54 bits per heavy atom. The fourth-order valence-electron chi connectivity index (χ4n) is 2.69. The number of benzene rings is 2. The largest absolute Gasteiger partial charge is 0.337 e. The molecule has 6 nitrogen and oxygen atoms in total. The second-order valence-corrected chi connectivity index (χ2v) is 7.65. The summed E-state index contributed by atoms with van der Waals surface area (Å²) in [6, 6.07) is 12.1. The van der Waals surface area contributed by atoms with Crippen LogP contribution in [0.1, 0.15) is 24.1 Å². The zero-order valence-electron chi connectivity index (χ0n) is 14.3. The van der Waals surface area contributed by atoms with Gasteiger partial charge in [0.05, 0.1) is 10.9 Å². The zero-order chi connectivity index (χ0) is 18.9. The summed E-state index contributed by atoms with van der Waals surface area (Å²) < 4.78 is 39.5. The van der Waals surface area contributed by atoms with Gasteiger partial charge in [-0.15, -0.1) is 0 Å². The number of aliphatic imine (C=N–C) groups is 1. The summed E-state index contributed by atoms with van der Waals surface area (Å²) in [6.07, 6.45) is 0. The fourth-order valence-corrected chi connectivity index (χ4v) is 3.94. The number of halogens is 1. The highest BCUT2D eigenvalue weighted by molar-refractivity contribution is 7.90. The van der Waals surface area contributed by atoms with Crippen molar-refractivity contribution in [3.8, 4) is 0 Å². The van der Waals surface area contributed by atoms with Crippen molar-refractivity contribution in [3.63, 3.8) is 0 Å². The van der Waals surface area contributed by atoms with Crippen molar-refractivity contribution in [2.75, 3.05) is 13.6 Å². The summed E-state index contributed by atoms with van der Waals surface area (Å²) in [6.45, 7) is 1.63. The molecular formula is C18H18FN3O3S. The van der Waals surface area contributed by atoms with Crippen LogP contribution in [0.2, 0.25) is 0 Å². The van der Waals surface area contributed by atoms with Crippen LogP contribution in [0.15, 0.2) is 58.4 Å². The summed E-state index contributed by atoms with van der Waals surface area (Å²) in [5.41, 5.74) is 1.25. The maximum atomic E-state index is 13.0. The average molecular weight is 375 g/mol. The number of sulfonamides is 1. The molecule has 0 fully saturated rings. The second-order valence-electron chi connectivity index (χ2n) is 6.00. The molecule has 2 aromatic carbocycles. The molecule has 0 saturated heterocycles. The SMILES string of the molecule is CC(c1ccc(F)cc1)N(C)C(=O)CN=C1NS(=O)(=O)c2ccccc21. The molecule has 1 aliphatic heterocycles. The molecule has 0 saturated carbocycles. The van der Waals surface area contributed by atoms with Crippen LogP contribution in [0.4, 0.5) is 4.39 Å². The Balaban J connectivity index is 1.74. The summed E-state index contributed by atoms with van der Waals surface area (Å²) in [5, 5.41) is 0. The summed E-state index contributed by atoms with van der Waals surface area (Å²) in [5.74, 6) is -0.455. The van der Waals surface area contributed by atoms with Crippen LogP contribution >= 0.6 is 0 Å². The number of fused-ring (bicyclic) bond motifs is 1. The standard InChI is InChI=1S/C18H18FN3O3S/c1-12(13-7-9-14(19)10-8-13)22(2)17(23)11-20-18-15-5-3-4-6-16(15)26(24,25)21-18/h3-10,12H,11H2,1-2H3,(H,20,21). The molecule has 1 heterocycles. The Bertz CT molecular complexity index is 971. The third-order valence-electron chi connectivity index (χ3n) is 4.36. The van der Waals surface area contributed by atoms with Crippen molar-refractivity contribution in [1.29, 1.82) is 0 Å². The molecule has 1 amide bonds. The molecule has 0 aromatic heterocycles. The van der Waals surface area contributed by atoms with Gasteiger partial charge in [-0.25, -0.2) is 12.8 Å². The molecule has 8 heteroatoms. The van der Waals surface area contributed by atoms with Gasteiger partial charge >= 0.3 is 0 Å². The lowest BCUT2D eigenvalue weighted by Crippen LogP contribution is -2.32. The van der Waals surface area contributed by atoms with Crippen LogP contribution in [0.25, 0.3) is 0 Å². The average Bonchev–Trinajstić information content (AvgIpc) is 2.90. The van der Waals surface area contributed by atoms with E-state index in [0.717, 1.165) is 5.56 Å². The maximum absolute atomic E-state index is 13.0. The Morgan fingerprint density at radius 2 is 1.85 bits per heavy atom. The van der Waals surface area contributed by atoms with E-state index in [4.69, 9.17) is 0 Å². The van der Waals surface area contributed by atoms with Crippen molar-refractivity contribution in [2.45, 2.75) is 17.9 Å². The molecule has 0 spiro atoms. The molecule has 3 rings (SSSR count). The van der Waals surface area contributed by atoms with Crippen molar-refractivity contribution in [1.82, 2.24) is 9.62 Å². The number of nitrogens with one attached hydrogen (secondary N) is 1. The highest BCUT2D eigenvalue weighted by Gasteiger charge is 2.30. The number of carbonyl (C=O) groups is 1. The maximum Gasteiger partial charge on any atom is 0.263 e. The molecule has 1 N–H and O–H groups in total. The monoisotopic (exact) mass is 375 g/mol. The number of amides is 1. The van der Waals surface area contributed by atoms with Gasteiger partial charge in [0.25, 0.3) is 10.0 Å². The van der Waals surface area contributed by atoms with Gasteiger partial charge in [-0.2, -0.15) is 0 Å². The first-order valence-electron chi connectivity index (χ1n) is 7.97. The quantitative estimate of drug-likeness (QED) is 0.889. The normalized spacial score (nSPS) is 17.4. The van der Waals surface area contributed by atoms with Gasteiger partial charge in [0.2, 0.25) is 5.91 Å². The lowest BCUT2D eigenvalue weighted by atomic mass is 10.1. The molecule has 136 valence electrons. The first-order chi connectivity index (χ1) is 12.3. The van der Waals surface area contributed by atoms with Gasteiger partial charge in [0, 0.05) is 12.6 Å². The molecule has 0 bridgehead atoms. The van der Waals surface area contributed by atoms with E-state index in [9.17, 15) is 17.6 Å².